The summed E-state index contributed by atoms with van der Waals surface area (Å²) in [7, 11) is 0. The van der Waals surface area contributed by atoms with Gasteiger partial charge in [0.2, 0.25) is 0 Å². The van der Waals surface area contributed by atoms with E-state index in [1.54, 1.807) is 6.07 Å². The van der Waals surface area contributed by atoms with Crippen LogP contribution in [-0.4, -0.2) is 16.0 Å². The second-order valence-corrected chi connectivity index (χ2v) is 3.09. The monoisotopic (exact) mass is 184 g/mol. The molecular weight excluding hydrogens is 172 g/mol. The molecule has 0 amide bonds. The van der Waals surface area contributed by atoms with E-state index in [-0.39, 0.29) is 11.5 Å². The maximum Gasteiger partial charge on any atom is 0.119 e. The average molecular weight is 184 g/mol. The summed E-state index contributed by atoms with van der Waals surface area (Å²) in [6, 6.07) is 4.56. The Labute approximate surface area is 77.3 Å². The number of rotatable bonds is 3. The zero-order chi connectivity index (χ0) is 8.97. The zero-order valence-electron chi connectivity index (χ0n) is 6.70. The molecule has 0 aromatic heterocycles. The van der Waals surface area contributed by atoms with Gasteiger partial charge in [-0.1, -0.05) is 0 Å². The number of aryl methyl sites for hydroxylation is 1. The molecule has 0 bridgehead atoms. The van der Waals surface area contributed by atoms with E-state index in [2.05, 4.69) is 12.6 Å². The van der Waals surface area contributed by atoms with Crippen LogP contribution in [0, 0.1) is 0 Å². The third kappa shape index (κ3) is 2.34. The molecule has 0 unspecified atom stereocenters. The molecule has 0 aliphatic rings. The largest absolute Gasteiger partial charge is 0.508 e. The van der Waals surface area contributed by atoms with Crippen LogP contribution >= 0.6 is 12.6 Å². The Morgan fingerprint density at radius 1 is 1.25 bits per heavy atom. The summed E-state index contributed by atoms with van der Waals surface area (Å²) < 4.78 is 0. The van der Waals surface area contributed by atoms with Crippen molar-refractivity contribution in [3.63, 3.8) is 0 Å². The van der Waals surface area contributed by atoms with E-state index < -0.39 is 0 Å². The number of hydrogen-bond acceptors (Lipinski definition) is 3. The molecule has 0 aliphatic heterocycles. The van der Waals surface area contributed by atoms with Crippen molar-refractivity contribution in [2.45, 2.75) is 12.8 Å². The first kappa shape index (κ1) is 9.26. The molecule has 2 N–H and O–H groups in total. The lowest BCUT2D eigenvalue weighted by molar-refractivity contribution is 0.454. The molecule has 12 heavy (non-hydrogen) atoms. The molecule has 0 atom stereocenters. The smallest absolute Gasteiger partial charge is 0.119 e. The maximum absolute atomic E-state index is 9.33. The first-order valence-electron chi connectivity index (χ1n) is 3.86. The van der Waals surface area contributed by atoms with Crippen LogP contribution in [0.25, 0.3) is 0 Å². The van der Waals surface area contributed by atoms with Crippen molar-refractivity contribution in [1.82, 2.24) is 0 Å². The van der Waals surface area contributed by atoms with Crippen molar-refractivity contribution in [2.24, 2.45) is 0 Å². The summed E-state index contributed by atoms with van der Waals surface area (Å²) in [5.74, 6) is 1.23. The summed E-state index contributed by atoms with van der Waals surface area (Å²) >= 11 is 4.07. The molecule has 0 spiro atoms. The fourth-order valence-electron chi connectivity index (χ4n) is 1.04. The Balaban J connectivity index is 2.75. The molecular formula is C9H12O2S. The van der Waals surface area contributed by atoms with E-state index in [4.69, 9.17) is 5.11 Å². The average Bonchev–Trinajstić information content (AvgIpc) is 2.07. The molecule has 1 aromatic carbocycles. The van der Waals surface area contributed by atoms with Gasteiger partial charge in [0.05, 0.1) is 0 Å². The van der Waals surface area contributed by atoms with Gasteiger partial charge in [-0.05, 0) is 42.4 Å². The molecule has 1 aromatic rings. The van der Waals surface area contributed by atoms with Crippen LogP contribution in [0.15, 0.2) is 18.2 Å². The lowest BCUT2D eigenvalue weighted by Gasteiger charge is -2.03. The maximum atomic E-state index is 9.33. The quantitative estimate of drug-likeness (QED) is 0.496. The van der Waals surface area contributed by atoms with Crippen molar-refractivity contribution in [3.05, 3.63) is 23.8 Å². The van der Waals surface area contributed by atoms with Gasteiger partial charge >= 0.3 is 0 Å². The van der Waals surface area contributed by atoms with Crippen LogP contribution in [-0.2, 0) is 6.42 Å². The number of phenols is 2. The summed E-state index contributed by atoms with van der Waals surface area (Å²) in [6.45, 7) is 0. The highest BCUT2D eigenvalue weighted by Crippen LogP contribution is 2.23. The number of hydrogen-bond donors (Lipinski definition) is 3. The number of benzene rings is 1. The molecule has 0 aliphatic carbocycles. The van der Waals surface area contributed by atoms with E-state index in [0.717, 1.165) is 24.2 Å². The van der Waals surface area contributed by atoms with E-state index in [0.29, 0.717) is 0 Å². The van der Waals surface area contributed by atoms with Crippen molar-refractivity contribution in [2.75, 3.05) is 5.75 Å². The lowest BCUT2D eigenvalue weighted by Crippen LogP contribution is -1.86. The van der Waals surface area contributed by atoms with E-state index in [9.17, 15) is 5.11 Å². The lowest BCUT2D eigenvalue weighted by atomic mass is 10.1. The first-order valence-corrected chi connectivity index (χ1v) is 4.49. The molecule has 0 saturated heterocycles. The third-order valence-corrected chi connectivity index (χ3v) is 1.98. The van der Waals surface area contributed by atoms with Gasteiger partial charge in [0.15, 0.2) is 0 Å². The predicted octanol–water partition coefficient (Wildman–Crippen LogP) is 1.96. The van der Waals surface area contributed by atoms with E-state index in [1.165, 1.54) is 12.1 Å². The number of thiol groups is 1. The van der Waals surface area contributed by atoms with Crippen LogP contribution in [0.2, 0.25) is 0 Å². The first-order chi connectivity index (χ1) is 5.74. The Morgan fingerprint density at radius 3 is 2.67 bits per heavy atom. The summed E-state index contributed by atoms with van der Waals surface area (Å²) in [5.41, 5.74) is 0.782. The van der Waals surface area contributed by atoms with E-state index >= 15 is 0 Å². The SMILES string of the molecule is Oc1ccc(O)c(CCCS)c1. The Kier molecular flexibility index (Phi) is 3.29. The van der Waals surface area contributed by atoms with Crippen LogP contribution in [0.1, 0.15) is 12.0 Å². The Hall–Kier alpha value is -0.830. The second kappa shape index (κ2) is 4.26. The Morgan fingerprint density at radius 2 is 2.00 bits per heavy atom. The minimum atomic E-state index is 0.196. The van der Waals surface area contributed by atoms with Crippen LogP contribution < -0.4 is 0 Å². The topological polar surface area (TPSA) is 40.5 Å². The predicted molar refractivity (Wildman–Crippen MR) is 51.9 cm³/mol. The highest BCUT2D eigenvalue weighted by atomic mass is 32.1. The van der Waals surface area contributed by atoms with Crippen molar-refractivity contribution in [1.29, 1.82) is 0 Å². The standard InChI is InChI=1S/C9H12O2S/c10-8-3-4-9(11)7(6-8)2-1-5-12/h3-4,6,10-12H,1-2,5H2. The molecule has 3 heteroatoms. The van der Waals surface area contributed by atoms with Crippen molar-refractivity contribution >= 4 is 12.6 Å². The molecule has 0 fully saturated rings. The van der Waals surface area contributed by atoms with Gasteiger partial charge in [-0.15, -0.1) is 0 Å². The second-order valence-electron chi connectivity index (χ2n) is 2.64. The van der Waals surface area contributed by atoms with Crippen LogP contribution in [0.5, 0.6) is 11.5 Å². The zero-order valence-corrected chi connectivity index (χ0v) is 7.59. The van der Waals surface area contributed by atoms with Crippen molar-refractivity contribution < 1.29 is 10.2 Å². The highest BCUT2D eigenvalue weighted by Gasteiger charge is 2.00. The van der Waals surface area contributed by atoms with Gasteiger partial charge < -0.3 is 10.2 Å². The summed E-state index contributed by atoms with van der Waals surface area (Å²) in [4.78, 5) is 0. The van der Waals surface area contributed by atoms with Gasteiger partial charge in [0, 0.05) is 0 Å². The van der Waals surface area contributed by atoms with Gasteiger partial charge in [0.1, 0.15) is 11.5 Å². The minimum Gasteiger partial charge on any atom is -0.508 e. The number of aromatic hydroxyl groups is 2. The minimum absolute atomic E-state index is 0.196. The van der Waals surface area contributed by atoms with Gasteiger partial charge in [0.25, 0.3) is 0 Å². The highest BCUT2D eigenvalue weighted by molar-refractivity contribution is 7.80. The van der Waals surface area contributed by atoms with Gasteiger partial charge in [-0.3, -0.25) is 0 Å². The van der Waals surface area contributed by atoms with Crippen molar-refractivity contribution in [3.8, 4) is 11.5 Å². The molecule has 66 valence electrons. The fraction of sp³-hybridized carbons (Fsp3) is 0.333. The summed E-state index contributed by atoms with van der Waals surface area (Å²) in [6.07, 6.45) is 1.66. The molecule has 0 heterocycles. The normalized spacial score (nSPS) is 10.1. The number of phenolic OH excluding ortho intramolecular Hbond substituents is 2. The van der Waals surface area contributed by atoms with Gasteiger partial charge in [-0.2, -0.15) is 12.6 Å². The molecule has 0 saturated carbocycles. The fourth-order valence-corrected chi connectivity index (χ4v) is 1.20. The van der Waals surface area contributed by atoms with Crippen LogP contribution in [0.4, 0.5) is 0 Å². The van der Waals surface area contributed by atoms with Gasteiger partial charge in [-0.25, -0.2) is 0 Å². The molecule has 0 radical (unpaired) electrons. The van der Waals surface area contributed by atoms with E-state index in [1.807, 2.05) is 0 Å². The summed E-state index contributed by atoms with van der Waals surface area (Å²) in [5, 5.41) is 18.4. The Bertz CT molecular complexity index is 261. The molecule has 2 nitrogen and oxygen atoms in total. The van der Waals surface area contributed by atoms with Crippen LogP contribution in [0.3, 0.4) is 0 Å². The molecule has 1 rings (SSSR count). The third-order valence-electron chi connectivity index (χ3n) is 1.67.